The Kier molecular flexibility index (Phi) is 6.59. The van der Waals surface area contributed by atoms with E-state index in [9.17, 15) is 14.7 Å². The van der Waals surface area contributed by atoms with E-state index in [0.29, 0.717) is 13.2 Å². The molecule has 0 aliphatic carbocycles. The summed E-state index contributed by atoms with van der Waals surface area (Å²) in [6.45, 7) is 3.47. The highest BCUT2D eigenvalue weighted by atomic mass is 16.5. The van der Waals surface area contributed by atoms with Crippen molar-refractivity contribution in [2.24, 2.45) is 11.8 Å². The normalized spacial score (nSPS) is 16.7. The average Bonchev–Trinajstić information content (AvgIpc) is 2.56. The number of hydrogen-bond donors (Lipinski definition) is 2. The molecule has 1 atom stereocenters. The van der Waals surface area contributed by atoms with Crippen LogP contribution in [0.1, 0.15) is 30.9 Å². The summed E-state index contributed by atoms with van der Waals surface area (Å²) in [5.41, 5.74) is 2.15. The van der Waals surface area contributed by atoms with Crippen LogP contribution in [0.15, 0.2) is 24.3 Å². The maximum Gasteiger partial charge on any atom is 0.308 e. The van der Waals surface area contributed by atoms with Gasteiger partial charge in [0.05, 0.1) is 12.3 Å². The monoisotopic (exact) mass is 319 g/mol. The molecule has 23 heavy (non-hydrogen) atoms. The third kappa shape index (κ3) is 5.36. The molecule has 0 aromatic heterocycles. The summed E-state index contributed by atoms with van der Waals surface area (Å²) in [4.78, 5) is 23.6. The number of rotatable bonds is 7. The van der Waals surface area contributed by atoms with Crippen LogP contribution < -0.4 is 5.32 Å². The van der Waals surface area contributed by atoms with Gasteiger partial charge < -0.3 is 15.2 Å². The second kappa shape index (κ2) is 8.67. The SMILES string of the molecule is CCc1cccc(CC(=O)NCC(C(=O)O)C2CCOCC2)c1. The number of nitrogens with one attached hydrogen (secondary N) is 1. The van der Waals surface area contributed by atoms with Crippen molar-refractivity contribution in [3.63, 3.8) is 0 Å². The largest absolute Gasteiger partial charge is 0.481 e. The van der Waals surface area contributed by atoms with Crippen LogP contribution >= 0.6 is 0 Å². The first-order valence-corrected chi connectivity index (χ1v) is 8.25. The highest BCUT2D eigenvalue weighted by molar-refractivity contribution is 5.79. The number of hydrogen-bond acceptors (Lipinski definition) is 3. The Labute approximate surface area is 137 Å². The lowest BCUT2D eigenvalue weighted by Crippen LogP contribution is -2.39. The lowest BCUT2D eigenvalue weighted by Gasteiger charge is -2.27. The van der Waals surface area contributed by atoms with Gasteiger partial charge in [-0.2, -0.15) is 0 Å². The second-order valence-electron chi connectivity index (χ2n) is 6.05. The van der Waals surface area contributed by atoms with Crippen molar-refractivity contribution in [3.05, 3.63) is 35.4 Å². The Morgan fingerprint density at radius 3 is 2.65 bits per heavy atom. The van der Waals surface area contributed by atoms with E-state index in [1.807, 2.05) is 24.3 Å². The summed E-state index contributed by atoms with van der Waals surface area (Å²) in [5, 5.41) is 12.2. The maximum atomic E-state index is 12.1. The molecule has 1 aromatic carbocycles. The molecule has 2 rings (SSSR count). The van der Waals surface area contributed by atoms with Crippen LogP contribution in [0.4, 0.5) is 0 Å². The molecule has 1 amide bonds. The summed E-state index contributed by atoms with van der Waals surface area (Å²) in [7, 11) is 0. The van der Waals surface area contributed by atoms with Gasteiger partial charge in [-0.3, -0.25) is 9.59 Å². The number of benzene rings is 1. The first kappa shape index (κ1) is 17.5. The van der Waals surface area contributed by atoms with Crippen LogP contribution in [-0.2, 0) is 27.2 Å². The minimum atomic E-state index is -0.842. The van der Waals surface area contributed by atoms with Crippen LogP contribution in [0.5, 0.6) is 0 Å². The van der Waals surface area contributed by atoms with Crippen LogP contribution in [0, 0.1) is 11.8 Å². The summed E-state index contributed by atoms with van der Waals surface area (Å²) >= 11 is 0. The first-order valence-electron chi connectivity index (χ1n) is 8.25. The minimum absolute atomic E-state index is 0.0740. The van der Waals surface area contributed by atoms with Gasteiger partial charge in [0.25, 0.3) is 0 Å². The Hall–Kier alpha value is -1.88. The smallest absolute Gasteiger partial charge is 0.308 e. The van der Waals surface area contributed by atoms with Crippen molar-refractivity contribution in [3.8, 4) is 0 Å². The summed E-state index contributed by atoms with van der Waals surface area (Å²) < 4.78 is 5.28. The molecular formula is C18H25NO4. The third-order valence-electron chi connectivity index (χ3n) is 4.44. The van der Waals surface area contributed by atoms with E-state index in [0.717, 1.165) is 24.8 Å². The lowest BCUT2D eigenvalue weighted by molar-refractivity contribution is -0.144. The Morgan fingerprint density at radius 2 is 2.00 bits per heavy atom. The Morgan fingerprint density at radius 1 is 1.30 bits per heavy atom. The maximum absolute atomic E-state index is 12.1. The number of carboxylic acid groups (broad SMARTS) is 1. The van der Waals surface area contributed by atoms with E-state index in [1.54, 1.807) is 0 Å². The predicted octanol–water partition coefficient (Wildman–Crippen LogP) is 2.04. The molecular weight excluding hydrogens is 294 g/mol. The van der Waals surface area contributed by atoms with Crippen molar-refractivity contribution in [2.75, 3.05) is 19.8 Å². The molecule has 126 valence electrons. The molecule has 5 nitrogen and oxygen atoms in total. The Bertz CT molecular complexity index is 538. The predicted molar refractivity (Wildman–Crippen MR) is 87.2 cm³/mol. The average molecular weight is 319 g/mol. The quantitative estimate of drug-likeness (QED) is 0.806. The number of carbonyl (C=O) groups is 2. The number of carboxylic acids is 1. The van der Waals surface area contributed by atoms with Crippen molar-refractivity contribution in [2.45, 2.75) is 32.6 Å². The highest BCUT2D eigenvalue weighted by Crippen LogP contribution is 2.23. The summed E-state index contributed by atoms with van der Waals surface area (Å²) in [6, 6.07) is 7.93. The summed E-state index contributed by atoms with van der Waals surface area (Å²) in [6.07, 6.45) is 2.70. The highest BCUT2D eigenvalue weighted by Gasteiger charge is 2.29. The number of aryl methyl sites for hydroxylation is 1. The van der Waals surface area contributed by atoms with E-state index >= 15 is 0 Å². The zero-order valence-corrected chi connectivity index (χ0v) is 13.6. The van der Waals surface area contributed by atoms with E-state index in [-0.39, 0.29) is 24.8 Å². The molecule has 2 N–H and O–H groups in total. The summed E-state index contributed by atoms with van der Waals surface area (Å²) in [5.74, 6) is -1.43. The van der Waals surface area contributed by atoms with Crippen molar-refractivity contribution < 1.29 is 19.4 Å². The number of aliphatic carboxylic acids is 1. The number of ether oxygens (including phenoxy) is 1. The fourth-order valence-electron chi connectivity index (χ4n) is 3.01. The van der Waals surface area contributed by atoms with Crippen molar-refractivity contribution in [1.29, 1.82) is 0 Å². The minimum Gasteiger partial charge on any atom is -0.481 e. The standard InChI is InChI=1S/C18H25NO4/c1-2-13-4-3-5-14(10-13)11-17(20)19-12-16(18(21)22)15-6-8-23-9-7-15/h3-5,10,15-16H,2,6-9,11-12H2,1H3,(H,19,20)(H,21,22). The van der Waals surface area contributed by atoms with Crippen LogP contribution in [-0.4, -0.2) is 36.7 Å². The van der Waals surface area contributed by atoms with Gasteiger partial charge in [0, 0.05) is 19.8 Å². The lowest BCUT2D eigenvalue weighted by atomic mass is 9.86. The molecule has 5 heteroatoms. The van der Waals surface area contributed by atoms with Gasteiger partial charge in [-0.05, 0) is 36.3 Å². The molecule has 0 spiro atoms. The van der Waals surface area contributed by atoms with E-state index in [1.165, 1.54) is 5.56 Å². The fraction of sp³-hybridized carbons (Fsp3) is 0.556. The molecule has 1 saturated heterocycles. The van der Waals surface area contributed by atoms with Gasteiger partial charge in [-0.1, -0.05) is 31.2 Å². The van der Waals surface area contributed by atoms with Crippen molar-refractivity contribution >= 4 is 11.9 Å². The van der Waals surface area contributed by atoms with Gasteiger partial charge in [0.1, 0.15) is 0 Å². The van der Waals surface area contributed by atoms with Gasteiger partial charge in [0.15, 0.2) is 0 Å². The van der Waals surface area contributed by atoms with E-state index in [4.69, 9.17) is 4.74 Å². The molecule has 1 aliphatic heterocycles. The van der Waals surface area contributed by atoms with Gasteiger partial charge in [-0.25, -0.2) is 0 Å². The number of amides is 1. The molecule has 0 radical (unpaired) electrons. The number of carbonyl (C=O) groups excluding carboxylic acids is 1. The second-order valence-corrected chi connectivity index (χ2v) is 6.05. The van der Waals surface area contributed by atoms with E-state index < -0.39 is 11.9 Å². The van der Waals surface area contributed by atoms with E-state index in [2.05, 4.69) is 12.2 Å². The topological polar surface area (TPSA) is 75.6 Å². The molecule has 1 unspecified atom stereocenters. The van der Waals surface area contributed by atoms with Crippen molar-refractivity contribution in [1.82, 2.24) is 5.32 Å². The van der Waals surface area contributed by atoms with Crippen LogP contribution in [0.3, 0.4) is 0 Å². The molecule has 1 fully saturated rings. The molecule has 0 bridgehead atoms. The third-order valence-corrected chi connectivity index (χ3v) is 4.44. The van der Waals surface area contributed by atoms with Crippen LogP contribution in [0.2, 0.25) is 0 Å². The molecule has 1 aliphatic rings. The first-order chi connectivity index (χ1) is 11.1. The van der Waals surface area contributed by atoms with Gasteiger partial charge >= 0.3 is 5.97 Å². The Balaban J connectivity index is 1.86. The molecule has 0 saturated carbocycles. The molecule has 1 heterocycles. The van der Waals surface area contributed by atoms with Gasteiger partial charge in [0.2, 0.25) is 5.91 Å². The van der Waals surface area contributed by atoms with Gasteiger partial charge in [-0.15, -0.1) is 0 Å². The van der Waals surface area contributed by atoms with Crippen LogP contribution in [0.25, 0.3) is 0 Å². The zero-order valence-electron chi connectivity index (χ0n) is 13.6. The fourth-order valence-corrected chi connectivity index (χ4v) is 3.01. The zero-order chi connectivity index (χ0) is 16.7. The molecule has 1 aromatic rings.